The van der Waals surface area contributed by atoms with Gasteiger partial charge in [0.1, 0.15) is 23.5 Å². The third kappa shape index (κ3) is 6.07. The second-order valence-corrected chi connectivity index (χ2v) is 7.78. The predicted molar refractivity (Wildman–Crippen MR) is 115 cm³/mol. The summed E-state index contributed by atoms with van der Waals surface area (Å²) in [5, 5.41) is 13.8. The fourth-order valence-electron chi connectivity index (χ4n) is 2.78. The van der Waals surface area contributed by atoms with Gasteiger partial charge in [0.15, 0.2) is 0 Å². The van der Waals surface area contributed by atoms with E-state index in [4.69, 9.17) is 4.74 Å². The maximum Gasteiger partial charge on any atom is 0.251 e. The van der Waals surface area contributed by atoms with Crippen LogP contribution in [0.5, 0.6) is 5.75 Å². The number of para-hydroxylation sites is 1. The van der Waals surface area contributed by atoms with Crippen LogP contribution in [-0.4, -0.2) is 35.3 Å². The summed E-state index contributed by atoms with van der Waals surface area (Å²) in [5.41, 5.74) is 2.58. The fourth-order valence-corrected chi connectivity index (χ4v) is 3.55. The lowest BCUT2D eigenvalue weighted by atomic mass is 10.1. The number of nitrogens with zero attached hydrogens (tertiary/aromatic N) is 1. The molecule has 0 fully saturated rings. The van der Waals surface area contributed by atoms with Gasteiger partial charge in [-0.05, 0) is 61.4 Å². The minimum absolute atomic E-state index is 0.117. The summed E-state index contributed by atoms with van der Waals surface area (Å²) >= 11 is 1.53. The number of aryl methyl sites for hydroxylation is 2. The van der Waals surface area contributed by atoms with Crippen LogP contribution in [0, 0.1) is 13.8 Å². The Morgan fingerprint density at radius 1 is 1.07 bits per heavy atom. The molecule has 150 valence electrons. The average molecular weight is 409 g/mol. The first kappa shape index (κ1) is 20.9. The number of rotatable bonds is 8. The lowest BCUT2D eigenvalue weighted by Crippen LogP contribution is -2.35. The lowest BCUT2D eigenvalue weighted by molar-refractivity contribution is 0.0841. The first-order valence-corrected chi connectivity index (χ1v) is 10.2. The summed E-state index contributed by atoms with van der Waals surface area (Å²) in [6, 6.07) is 18.9. The van der Waals surface area contributed by atoms with Gasteiger partial charge in [-0.2, -0.15) is 0 Å². The number of hydrogen-bond acceptors (Lipinski definition) is 5. The molecule has 3 aromatic rings. The summed E-state index contributed by atoms with van der Waals surface area (Å²) < 4.78 is 5.73. The molecular weight excluding hydrogens is 384 g/mol. The van der Waals surface area contributed by atoms with Gasteiger partial charge in [0, 0.05) is 23.2 Å². The Kier molecular flexibility index (Phi) is 7.27. The van der Waals surface area contributed by atoms with Crippen LogP contribution in [0.15, 0.2) is 76.8 Å². The number of benzene rings is 2. The molecule has 6 heteroatoms. The molecule has 5 nitrogen and oxygen atoms in total. The van der Waals surface area contributed by atoms with Crippen molar-refractivity contribution < 1.29 is 14.6 Å². The van der Waals surface area contributed by atoms with Gasteiger partial charge in [-0.15, -0.1) is 0 Å². The number of carbonyl (C=O) groups excluding carboxylic acids is 1. The highest BCUT2D eigenvalue weighted by Gasteiger charge is 2.12. The van der Waals surface area contributed by atoms with Crippen LogP contribution < -0.4 is 10.1 Å². The second kappa shape index (κ2) is 10.1. The van der Waals surface area contributed by atoms with Gasteiger partial charge in [0.25, 0.3) is 5.91 Å². The normalized spacial score (nSPS) is 11.7. The Bertz CT molecular complexity index is 926. The SMILES string of the molecule is Cc1cccc(C)c1OCC(O)CNC(=O)c1ccc(Sc2ccccn2)cc1. The fraction of sp³-hybridized carbons (Fsp3) is 0.217. The number of aliphatic hydroxyl groups is 1. The molecule has 1 aromatic heterocycles. The Balaban J connectivity index is 1.47. The standard InChI is InChI=1S/C23H24N2O3S/c1-16-6-5-7-17(2)22(16)28-15-19(26)14-25-23(27)18-9-11-20(12-10-18)29-21-8-3-4-13-24-21/h3-13,19,26H,14-15H2,1-2H3,(H,25,27). The van der Waals surface area contributed by atoms with Crippen LogP contribution in [0.2, 0.25) is 0 Å². The molecule has 29 heavy (non-hydrogen) atoms. The van der Waals surface area contributed by atoms with Crippen molar-refractivity contribution in [3.05, 3.63) is 83.6 Å². The van der Waals surface area contributed by atoms with Crippen LogP contribution in [0.25, 0.3) is 0 Å². The first-order valence-electron chi connectivity index (χ1n) is 9.37. The third-order valence-corrected chi connectivity index (χ3v) is 5.26. The minimum Gasteiger partial charge on any atom is -0.490 e. The third-order valence-electron chi connectivity index (χ3n) is 4.30. The van der Waals surface area contributed by atoms with E-state index in [0.29, 0.717) is 5.56 Å². The molecule has 0 aliphatic heterocycles. The number of nitrogens with one attached hydrogen (secondary N) is 1. The highest BCUT2D eigenvalue weighted by atomic mass is 32.2. The monoisotopic (exact) mass is 408 g/mol. The van der Waals surface area contributed by atoms with Crippen LogP contribution in [0.3, 0.4) is 0 Å². The summed E-state index contributed by atoms with van der Waals surface area (Å²) in [7, 11) is 0. The van der Waals surface area contributed by atoms with E-state index in [9.17, 15) is 9.90 Å². The average Bonchev–Trinajstić information content (AvgIpc) is 2.73. The van der Waals surface area contributed by atoms with Crippen LogP contribution >= 0.6 is 11.8 Å². The molecular formula is C23H24N2O3S. The maximum absolute atomic E-state index is 12.3. The van der Waals surface area contributed by atoms with Crippen molar-refractivity contribution in [2.24, 2.45) is 0 Å². The molecule has 0 radical (unpaired) electrons. The maximum atomic E-state index is 12.3. The quantitative estimate of drug-likeness (QED) is 0.589. The Labute approximate surface area is 175 Å². The summed E-state index contributed by atoms with van der Waals surface area (Å²) in [6.07, 6.45) is 0.955. The van der Waals surface area contributed by atoms with Gasteiger partial charge >= 0.3 is 0 Å². The van der Waals surface area contributed by atoms with Gasteiger partial charge in [-0.25, -0.2) is 4.98 Å². The van der Waals surface area contributed by atoms with E-state index in [-0.39, 0.29) is 19.1 Å². The lowest BCUT2D eigenvalue weighted by Gasteiger charge is -2.16. The molecule has 0 saturated carbocycles. The van der Waals surface area contributed by atoms with Gasteiger partial charge in [-0.3, -0.25) is 4.79 Å². The summed E-state index contributed by atoms with van der Waals surface area (Å²) in [6.45, 7) is 4.17. The number of ether oxygens (including phenoxy) is 1. The number of pyridine rings is 1. The zero-order chi connectivity index (χ0) is 20.6. The summed E-state index contributed by atoms with van der Waals surface area (Å²) in [4.78, 5) is 17.6. The first-order chi connectivity index (χ1) is 14.0. The van der Waals surface area contributed by atoms with Crippen molar-refractivity contribution in [3.8, 4) is 5.75 Å². The zero-order valence-corrected chi connectivity index (χ0v) is 17.3. The molecule has 0 spiro atoms. The molecule has 2 aromatic carbocycles. The van der Waals surface area contributed by atoms with E-state index in [2.05, 4.69) is 10.3 Å². The smallest absolute Gasteiger partial charge is 0.251 e. The van der Waals surface area contributed by atoms with E-state index in [1.54, 1.807) is 18.3 Å². The zero-order valence-electron chi connectivity index (χ0n) is 16.5. The predicted octanol–water partition coefficient (Wildman–Crippen LogP) is 4.02. The largest absolute Gasteiger partial charge is 0.490 e. The molecule has 0 saturated heterocycles. The Hall–Kier alpha value is -2.83. The second-order valence-electron chi connectivity index (χ2n) is 6.69. The van der Waals surface area contributed by atoms with Gasteiger partial charge in [-0.1, -0.05) is 36.0 Å². The van der Waals surface area contributed by atoms with Crippen molar-refractivity contribution in [1.29, 1.82) is 0 Å². The highest BCUT2D eigenvalue weighted by Crippen LogP contribution is 2.25. The van der Waals surface area contributed by atoms with Crippen LogP contribution in [0.4, 0.5) is 0 Å². The Morgan fingerprint density at radius 3 is 2.45 bits per heavy atom. The van der Waals surface area contributed by atoms with Crippen molar-refractivity contribution in [1.82, 2.24) is 10.3 Å². The van der Waals surface area contributed by atoms with Crippen LogP contribution in [-0.2, 0) is 0 Å². The number of hydrogen-bond donors (Lipinski definition) is 2. The number of aliphatic hydroxyl groups excluding tert-OH is 1. The molecule has 0 bridgehead atoms. The number of carbonyl (C=O) groups is 1. The van der Waals surface area contributed by atoms with E-state index < -0.39 is 6.10 Å². The van der Waals surface area contributed by atoms with Gasteiger partial charge < -0.3 is 15.2 Å². The van der Waals surface area contributed by atoms with Crippen molar-refractivity contribution in [2.45, 2.75) is 29.9 Å². The highest BCUT2D eigenvalue weighted by molar-refractivity contribution is 7.99. The Morgan fingerprint density at radius 2 is 1.79 bits per heavy atom. The molecule has 0 aliphatic rings. The van der Waals surface area contributed by atoms with Crippen molar-refractivity contribution in [2.75, 3.05) is 13.2 Å². The van der Waals surface area contributed by atoms with Gasteiger partial charge in [0.2, 0.25) is 0 Å². The number of amides is 1. The minimum atomic E-state index is -0.795. The molecule has 1 unspecified atom stereocenters. The van der Waals surface area contributed by atoms with E-state index in [0.717, 1.165) is 26.8 Å². The molecule has 1 heterocycles. The van der Waals surface area contributed by atoms with E-state index >= 15 is 0 Å². The topological polar surface area (TPSA) is 71.5 Å². The molecule has 0 aliphatic carbocycles. The van der Waals surface area contributed by atoms with E-state index in [1.807, 2.05) is 62.4 Å². The molecule has 3 rings (SSSR count). The van der Waals surface area contributed by atoms with Crippen molar-refractivity contribution >= 4 is 17.7 Å². The van der Waals surface area contributed by atoms with Crippen LogP contribution in [0.1, 0.15) is 21.5 Å². The van der Waals surface area contributed by atoms with Gasteiger partial charge in [0.05, 0.1) is 0 Å². The number of aromatic nitrogens is 1. The summed E-state index contributed by atoms with van der Waals surface area (Å²) in [5.74, 6) is 0.546. The van der Waals surface area contributed by atoms with Crippen molar-refractivity contribution in [3.63, 3.8) is 0 Å². The van der Waals surface area contributed by atoms with E-state index in [1.165, 1.54) is 11.8 Å². The molecule has 1 amide bonds. The molecule has 1 atom stereocenters. The molecule has 2 N–H and O–H groups in total.